The monoisotopic (exact) mass is 923 g/mol. The number of rotatable bonds is 35. The van der Waals surface area contributed by atoms with Crippen LogP contribution in [0, 0.1) is 0 Å². The molecule has 5 aromatic rings. The molecule has 0 unspecified atom stereocenters. The summed E-state index contributed by atoms with van der Waals surface area (Å²) >= 11 is 0. The number of anilines is 2. The van der Waals surface area contributed by atoms with Crippen LogP contribution in [0.5, 0.6) is 0 Å². The number of amides is 1. The number of hydrogen-bond acceptors (Lipinski definition) is 19. The lowest BCUT2D eigenvalue weighted by Crippen LogP contribution is -2.36. The van der Waals surface area contributed by atoms with Gasteiger partial charge in [0.1, 0.15) is 23.4 Å². The molecular weight excluding hydrogens is 859 g/mol. The van der Waals surface area contributed by atoms with E-state index in [4.69, 9.17) is 74.1 Å². The summed E-state index contributed by atoms with van der Waals surface area (Å²) in [7, 11) is 0. The molecule has 6 rings (SSSR count). The predicted octanol–water partition coefficient (Wildman–Crippen LogP) is 2.25. The molecule has 0 spiro atoms. The summed E-state index contributed by atoms with van der Waals surface area (Å²) < 4.78 is 62.2. The largest absolute Gasteiger partial charge is 0.424 e. The number of nitrogens with zero attached hydrogens (tertiary/aromatic N) is 6. The van der Waals surface area contributed by atoms with Crippen LogP contribution in [0.3, 0.4) is 0 Å². The van der Waals surface area contributed by atoms with Crippen LogP contribution < -0.4 is 17.2 Å². The van der Waals surface area contributed by atoms with Crippen molar-refractivity contribution in [2.45, 2.75) is 25.9 Å². The Balaban J connectivity index is 0.727. The molecule has 2 aromatic carbocycles. The number of carbonyl (C=O) groups excluding carboxylic acids is 1. The summed E-state index contributed by atoms with van der Waals surface area (Å²) in [5.41, 5.74) is 24.1. The highest BCUT2D eigenvalue weighted by Crippen LogP contribution is 2.33. The minimum absolute atomic E-state index is 0.0664. The van der Waals surface area contributed by atoms with Crippen molar-refractivity contribution in [3.05, 3.63) is 59.4 Å². The van der Waals surface area contributed by atoms with Gasteiger partial charge < -0.3 is 73.9 Å². The molecule has 66 heavy (non-hydrogen) atoms. The van der Waals surface area contributed by atoms with E-state index in [2.05, 4.69) is 33.2 Å². The molecule has 21 nitrogen and oxygen atoms in total. The van der Waals surface area contributed by atoms with Gasteiger partial charge in [-0.2, -0.15) is 10.1 Å². The van der Waals surface area contributed by atoms with Crippen LogP contribution in [-0.4, -0.2) is 181 Å². The second-order valence-corrected chi connectivity index (χ2v) is 15.0. The van der Waals surface area contributed by atoms with Crippen LogP contribution >= 0.6 is 0 Å². The predicted molar refractivity (Wildman–Crippen MR) is 244 cm³/mol. The Bertz CT molecular complexity index is 2170. The molecular formula is C45H65N9O12. The molecule has 0 fully saturated rings. The summed E-state index contributed by atoms with van der Waals surface area (Å²) in [5.74, 6) is 0.405. The molecule has 0 radical (unpaired) electrons. The maximum Gasteiger partial charge on any atom is 0.292 e. The van der Waals surface area contributed by atoms with Gasteiger partial charge in [-0.25, -0.2) is 14.6 Å². The third kappa shape index (κ3) is 16.8. The number of fused-ring (bicyclic) bond motifs is 3. The number of nitrogens with two attached hydrogens (primary N) is 3. The maximum atomic E-state index is 13.0. The van der Waals surface area contributed by atoms with E-state index in [-0.39, 0.29) is 11.9 Å². The Morgan fingerprint density at radius 2 is 1.18 bits per heavy atom. The Hall–Kier alpha value is -4.91. The highest BCUT2D eigenvalue weighted by molar-refractivity contribution is 5.99. The fourth-order valence-corrected chi connectivity index (χ4v) is 7.01. The van der Waals surface area contributed by atoms with Gasteiger partial charge in [-0.1, -0.05) is 18.2 Å². The lowest BCUT2D eigenvalue weighted by atomic mass is 9.97. The van der Waals surface area contributed by atoms with Crippen LogP contribution in [0.4, 0.5) is 11.8 Å². The van der Waals surface area contributed by atoms with Crippen LogP contribution in [0.1, 0.15) is 23.1 Å². The average molecular weight is 924 g/mol. The number of carbonyl (C=O) groups is 1. The van der Waals surface area contributed by atoms with E-state index in [1.54, 1.807) is 6.07 Å². The SMILES string of the molecule is NCCOCCOCCOCCOCCOCCOCCOCCOCCOCCOCCC(=O)N1CCc2cc(Cn3nc(-c4ccc5oc(N)nc5c4)c4c(N)ncnc43)ccc2C1. The Morgan fingerprint density at radius 1 is 0.636 bits per heavy atom. The second-order valence-electron chi connectivity index (χ2n) is 15.0. The first-order valence-electron chi connectivity index (χ1n) is 22.5. The molecule has 0 atom stereocenters. The summed E-state index contributed by atoms with van der Waals surface area (Å²) in [6, 6.07) is 12.0. The number of hydrogen-bond donors (Lipinski definition) is 3. The molecule has 3 aromatic heterocycles. The van der Waals surface area contributed by atoms with Crippen molar-refractivity contribution in [1.29, 1.82) is 0 Å². The highest BCUT2D eigenvalue weighted by atomic mass is 16.6. The first-order valence-corrected chi connectivity index (χ1v) is 22.5. The van der Waals surface area contributed by atoms with E-state index >= 15 is 0 Å². The fourth-order valence-electron chi connectivity index (χ4n) is 7.01. The van der Waals surface area contributed by atoms with Gasteiger partial charge in [0, 0.05) is 25.2 Å². The molecule has 362 valence electrons. The fraction of sp³-hybridized carbons (Fsp3) is 0.578. The molecule has 6 N–H and O–H groups in total. The van der Waals surface area contributed by atoms with Crippen molar-refractivity contribution >= 4 is 39.9 Å². The van der Waals surface area contributed by atoms with E-state index in [1.807, 2.05) is 21.7 Å². The van der Waals surface area contributed by atoms with Gasteiger partial charge in [0.05, 0.1) is 150 Å². The van der Waals surface area contributed by atoms with E-state index in [1.165, 1.54) is 11.9 Å². The Labute approximate surface area is 384 Å². The van der Waals surface area contributed by atoms with Crippen molar-refractivity contribution < 1.29 is 56.6 Å². The number of nitrogen functional groups attached to an aromatic ring is 2. The summed E-state index contributed by atoms with van der Waals surface area (Å²) in [4.78, 5) is 27.9. The third-order valence-electron chi connectivity index (χ3n) is 10.3. The molecule has 0 saturated heterocycles. The Morgan fingerprint density at radius 3 is 1.74 bits per heavy atom. The van der Waals surface area contributed by atoms with Crippen LogP contribution in [0.25, 0.3) is 33.4 Å². The van der Waals surface area contributed by atoms with E-state index in [9.17, 15) is 4.79 Å². The zero-order valence-corrected chi connectivity index (χ0v) is 37.7. The number of ether oxygens (including phenoxy) is 10. The van der Waals surface area contributed by atoms with Gasteiger partial charge in [-0.05, 0) is 41.3 Å². The van der Waals surface area contributed by atoms with Gasteiger partial charge in [0.25, 0.3) is 6.01 Å². The lowest BCUT2D eigenvalue weighted by molar-refractivity contribution is -0.133. The van der Waals surface area contributed by atoms with Gasteiger partial charge in [0.15, 0.2) is 11.2 Å². The zero-order valence-electron chi connectivity index (χ0n) is 37.7. The number of aromatic nitrogens is 5. The molecule has 4 heterocycles. The number of oxazole rings is 1. The van der Waals surface area contributed by atoms with E-state index < -0.39 is 0 Å². The number of benzene rings is 2. The van der Waals surface area contributed by atoms with Crippen molar-refractivity contribution in [2.24, 2.45) is 5.73 Å². The van der Waals surface area contributed by atoms with Gasteiger partial charge in [-0.15, -0.1) is 0 Å². The minimum atomic E-state index is 0.0664. The lowest BCUT2D eigenvalue weighted by Gasteiger charge is -2.29. The van der Waals surface area contributed by atoms with Crippen LogP contribution in [0.2, 0.25) is 0 Å². The van der Waals surface area contributed by atoms with Crippen LogP contribution in [0.15, 0.2) is 47.1 Å². The zero-order chi connectivity index (χ0) is 46.0. The van der Waals surface area contributed by atoms with Gasteiger partial charge in [0.2, 0.25) is 5.91 Å². The molecule has 0 aliphatic carbocycles. The maximum absolute atomic E-state index is 13.0. The van der Waals surface area contributed by atoms with Gasteiger partial charge in [-0.3, -0.25) is 4.79 Å². The second kappa shape index (κ2) is 29.0. The third-order valence-corrected chi connectivity index (χ3v) is 10.3. The van der Waals surface area contributed by atoms with Gasteiger partial charge >= 0.3 is 0 Å². The van der Waals surface area contributed by atoms with Crippen molar-refractivity contribution in [3.63, 3.8) is 0 Å². The quantitative estimate of drug-likeness (QED) is 0.0492. The van der Waals surface area contributed by atoms with E-state index in [0.717, 1.165) is 23.1 Å². The molecule has 0 saturated carbocycles. The first-order chi connectivity index (χ1) is 32.5. The summed E-state index contributed by atoms with van der Waals surface area (Å²) in [5, 5.41) is 5.59. The van der Waals surface area contributed by atoms with E-state index in [0.29, 0.717) is 198 Å². The highest BCUT2D eigenvalue weighted by Gasteiger charge is 2.22. The average Bonchev–Trinajstić information content (AvgIpc) is 3.90. The standard InChI is InChI=1S/C45H65N9O12/c46-7-10-57-12-14-59-16-18-61-20-22-63-24-26-65-28-27-64-25-23-62-21-19-60-17-15-58-13-11-56-9-6-40(55)53-8-5-35-29-34(1-2-37(35)32-53)31-54-44-41(43(47)49-33-50-44)42(52-54)36-3-4-39-38(30-36)51-45(48)66-39/h1-4,29-30,33H,5-28,31-32,46H2,(H2,48,51)(H2,47,49,50). The smallest absolute Gasteiger partial charge is 0.292 e. The van der Waals surface area contributed by atoms with Crippen molar-refractivity contribution in [2.75, 3.05) is 157 Å². The topological polar surface area (TPSA) is 260 Å². The Kier molecular flexibility index (Phi) is 22.2. The molecule has 21 heteroatoms. The van der Waals surface area contributed by atoms with Crippen LogP contribution in [-0.2, 0) is 71.7 Å². The summed E-state index contributed by atoms with van der Waals surface area (Å²) in [6.07, 6.45) is 2.51. The molecule has 0 bridgehead atoms. The first kappa shape index (κ1) is 50.5. The molecule has 1 amide bonds. The summed E-state index contributed by atoms with van der Waals surface area (Å²) in [6.45, 7) is 11.8. The van der Waals surface area contributed by atoms with Crippen molar-refractivity contribution in [1.82, 2.24) is 29.6 Å². The normalized spacial score (nSPS) is 12.8. The molecule has 1 aliphatic rings. The minimum Gasteiger partial charge on any atom is -0.424 e. The van der Waals surface area contributed by atoms with Crippen molar-refractivity contribution in [3.8, 4) is 11.3 Å². The molecule has 1 aliphatic heterocycles.